The fourth-order valence-corrected chi connectivity index (χ4v) is 1.92. The number of nitrogens with one attached hydrogen (secondary N) is 1. The molecular formula is C10H7Cl2NO. The Kier molecular flexibility index (Phi) is 2.25. The largest absolute Gasteiger partial charge is 0.359 e. The quantitative estimate of drug-likeness (QED) is 0.742. The molecule has 0 saturated heterocycles. The molecule has 14 heavy (non-hydrogen) atoms. The highest BCUT2D eigenvalue weighted by Gasteiger charge is 2.12. The Hall–Kier alpha value is -0.990. The predicted octanol–water partition coefficient (Wildman–Crippen LogP) is 3.68. The van der Waals surface area contributed by atoms with Gasteiger partial charge in [0.1, 0.15) is 0 Å². The van der Waals surface area contributed by atoms with Gasteiger partial charge in [0.15, 0.2) is 5.78 Å². The number of carbonyl (C=O) groups is 1. The summed E-state index contributed by atoms with van der Waals surface area (Å²) in [4.78, 5) is 14.2. The second-order valence-electron chi connectivity index (χ2n) is 3.04. The average Bonchev–Trinajstić information content (AvgIpc) is 2.56. The summed E-state index contributed by atoms with van der Waals surface area (Å²) >= 11 is 11.9. The number of aromatic nitrogens is 1. The topological polar surface area (TPSA) is 32.9 Å². The molecule has 72 valence electrons. The maximum Gasteiger partial charge on any atom is 0.162 e. The Balaban J connectivity index is 2.90. The third-order valence-electron chi connectivity index (χ3n) is 2.11. The molecule has 0 radical (unpaired) electrons. The fraction of sp³-hybridized carbons (Fsp3) is 0.100. The molecule has 0 saturated carbocycles. The Morgan fingerprint density at radius 2 is 1.93 bits per heavy atom. The number of carbonyl (C=O) groups excluding carboxylic acids is 1. The first-order chi connectivity index (χ1) is 6.61. The number of rotatable bonds is 1. The van der Waals surface area contributed by atoms with Gasteiger partial charge in [0.05, 0.1) is 15.6 Å². The van der Waals surface area contributed by atoms with Gasteiger partial charge in [-0.3, -0.25) is 4.79 Å². The van der Waals surface area contributed by atoms with Crippen LogP contribution in [-0.2, 0) is 0 Å². The molecule has 0 aliphatic heterocycles. The first-order valence-corrected chi connectivity index (χ1v) is 4.83. The molecule has 1 aromatic heterocycles. The van der Waals surface area contributed by atoms with Gasteiger partial charge in [0.25, 0.3) is 0 Å². The van der Waals surface area contributed by atoms with E-state index in [0.29, 0.717) is 26.5 Å². The lowest BCUT2D eigenvalue weighted by molar-refractivity contribution is 0.101. The molecule has 0 aliphatic rings. The minimum Gasteiger partial charge on any atom is -0.359 e. The molecule has 0 atom stereocenters. The number of aromatic amines is 1. The summed E-state index contributed by atoms with van der Waals surface area (Å²) < 4.78 is 0. The SMILES string of the molecule is CC(=O)c1c[nH]c2c(Cl)ccc(Cl)c12. The molecule has 0 unspecified atom stereocenters. The number of halogens is 2. The minimum atomic E-state index is -0.0274. The van der Waals surface area contributed by atoms with E-state index < -0.39 is 0 Å². The highest BCUT2D eigenvalue weighted by molar-refractivity contribution is 6.41. The van der Waals surface area contributed by atoms with Crippen LogP contribution >= 0.6 is 23.2 Å². The number of ketones is 1. The van der Waals surface area contributed by atoms with Crippen molar-refractivity contribution in [3.63, 3.8) is 0 Å². The minimum absolute atomic E-state index is 0.0274. The molecule has 2 aromatic rings. The van der Waals surface area contributed by atoms with Gasteiger partial charge in [-0.15, -0.1) is 0 Å². The molecule has 1 N–H and O–H groups in total. The van der Waals surface area contributed by atoms with E-state index in [0.717, 1.165) is 0 Å². The van der Waals surface area contributed by atoms with E-state index in [-0.39, 0.29) is 5.78 Å². The summed E-state index contributed by atoms with van der Waals surface area (Å²) in [5, 5.41) is 1.81. The zero-order valence-corrected chi connectivity index (χ0v) is 8.91. The monoisotopic (exact) mass is 227 g/mol. The Labute approximate surface area is 90.8 Å². The number of fused-ring (bicyclic) bond motifs is 1. The number of hydrogen-bond donors (Lipinski definition) is 1. The molecule has 0 amide bonds. The lowest BCUT2D eigenvalue weighted by atomic mass is 10.1. The zero-order valence-electron chi connectivity index (χ0n) is 7.40. The van der Waals surface area contributed by atoms with Crippen molar-refractivity contribution in [3.05, 3.63) is 33.9 Å². The van der Waals surface area contributed by atoms with Gasteiger partial charge in [0.2, 0.25) is 0 Å². The van der Waals surface area contributed by atoms with Crippen LogP contribution in [0.5, 0.6) is 0 Å². The van der Waals surface area contributed by atoms with Crippen molar-refractivity contribution >= 4 is 39.9 Å². The third kappa shape index (κ3) is 1.31. The lowest BCUT2D eigenvalue weighted by Gasteiger charge is -1.98. The summed E-state index contributed by atoms with van der Waals surface area (Å²) in [5.41, 5.74) is 1.29. The van der Waals surface area contributed by atoms with Crippen LogP contribution in [0.2, 0.25) is 10.0 Å². The average molecular weight is 228 g/mol. The smallest absolute Gasteiger partial charge is 0.162 e. The van der Waals surface area contributed by atoms with Crippen LogP contribution in [0, 0.1) is 0 Å². The number of hydrogen-bond acceptors (Lipinski definition) is 1. The first-order valence-electron chi connectivity index (χ1n) is 4.07. The van der Waals surface area contributed by atoms with Crippen molar-refractivity contribution in [2.45, 2.75) is 6.92 Å². The lowest BCUT2D eigenvalue weighted by Crippen LogP contribution is -1.89. The summed E-state index contributed by atoms with van der Waals surface area (Å²) in [6.07, 6.45) is 1.63. The van der Waals surface area contributed by atoms with Crippen LogP contribution in [0.15, 0.2) is 18.3 Å². The van der Waals surface area contributed by atoms with Crippen LogP contribution in [-0.4, -0.2) is 10.8 Å². The summed E-state index contributed by atoms with van der Waals surface area (Å²) in [6.45, 7) is 1.50. The molecule has 0 aliphatic carbocycles. The summed E-state index contributed by atoms with van der Waals surface area (Å²) in [6, 6.07) is 3.39. The standard InChI is InChI=1S/C10H7Cl2NO/c1-5(14)6-4-13-10-8(12)3-2-7(11)9(6)10/h2-4,13H,1H3. The highest BCUT2D eigenvalue weighted by Crippen LogP contribution is 2.31. The maximum absolute atomic E-state index is 11.3. The van der Waals surface area contributed by atoms with Crippen LogP contribution in [0.25, 0.3) is 10.9 Å². The number of Topliss-reactive ketones (excluding diaryl/α,β-unsaturated/α-hetero) is 1. The molecule has 2 rings (SSSR count). The predicted molar refractivity (Wildman–Crippen MR) is 58.3 cm³/mol. The van der Waals surface area contributed by atoms with Crippen LogP contribution in [0.3, 0.4) is 0 Å². The molecule has 1 aromatic carbocycles. The van der Waals surface area contributed by atoms with Crippen molar-refractivity contribution < 1.29 is 4.79 Å². The molecular weight excluding hydrogens is 221 g/mol. The molecule has 0 bridgehead atoms. The normalized spacial score (nSPS) is 10.8. The van der Waals surface area contributed by atoms with Crippen molar-refractivity contribution in [1.82, 2.24) is 4.98 Å². The van der Waals surface area contributed by atoms with Gasteiger partial charge < -0.3 is 4.98 Å². The third-order valence-corrected chi connectivity index (χ3v) is 2.74. The van der Waals surface area contributed by atoms with E-state index in [1.165, 1.54) is 6.92 Å². The highest BCUT2D eigenvalue weighted by atomic mass is 35.5. The first kappa shape index (κ1) is 9.56. The van der Waals surface area contributed by atoms with E-state index in [4.69, 9.17) is 23.2 Å². The number of H-pyrrole nitrogens is 1. The fourth-order valence-electron chi connectivity index (χ4n) is 1.45. The van der Waals surface area contributed by atoms with Gasteiger partial charge in [-0.05, 0) is 19.1 Å². The molecule has 4 heteroatoms. The molecule has 1 heterocycles. The Bertz CT molecular complexity index is 516. The van der Waals surface area contributed by atoms with Gasteiger partial charge in [-0.1, -0.05) is 23.2 Å². The molecule has 2 nitrogen and oxygen atoms in total. The second kappa shape index (κ2) is 3.30. The molecule has 0 fully saturated rings. The van der Waals surface area contributed by atoms with Gasteiger partial charge in [-0.2, -0.15) is 0 Å². The Morgan fingerprint density at radius 1 is 1.29 bits per heavy atom. The van der Waals surface area contributed by atoms with E-state index >= 15 is 0 Å². The van der Waals surface area contributed by atoms with E-state index in [1.54, 1.807) is 18.3 Å². The van der Waals surface area contributed by atoms with Crippen molar-refractivity contribution in [3.8, 4) is 0 Å². The van der Waals surface area contributed by atoms with Crippen molar-refractivity contribution in [2.24, 2.45) is 0 Å². The van der Waals surface area contributed by atoms with Crippen LogP contribution in [0.4, 0.5) is 0 Å². The van der Waals surface area contributed by atoms with Gasteiger partial charge >= 0.3 is 0 Å². The van der Waals surface area contributed by atoms with Gasteiger partial charge in [-0.25, -0.2) is 0 Å². The van der Waals surface area contributed by atoms with Crippen LogP contribution in [0.1, 0.15) is 17.3 Å². The Morgan fingerprint density at radius 3 is 2.57 bits per heavy atom. The number of benzene rings is 1. The zero-order chi connectivity index (χ0) is 10.3. The van der Waals surface area contributed by atoms with Crippen molar-refractivity contribution in [2.75, 3.05) is 0 Å². The van der Waals surface area contributed by atoms with Crippen molar-refractivity contribution in [1.29, 1.82) is 0 Å². The van der Waals surface area contributed by atoms with E-state index in [2.05, 4.69) is 4.98 Å². The van der Waals surface area contributed by atoms with Gasteiger partial charge in [0, 0.05) is 17.1 Å². The maximum atomic E-state index is 11.3. The van der Waals surface area contributed by atoms with Crippen LogP contribution < -0.4 is 0 Å². The van der Waals surface area contributed by atoms with E-state index in [1.807, 2.05) is 0 Å². The van der Waals surface area contributed by atoms with E-state index in [9.17, 15) is 4.79 Å². The summed E-state index contributed by atoms with van der Waals surface area (Å²) in [5.74, 6) is -0.0274. The second-order valence-corrected chi connectivity index (χ2v) is 3.85. The summed E-state index contributed by atoms with van der Waals surface area (Å²) in [7, 11) is 0. The molecule has 0 spiro atoms.